The summed E-state index contributed by atoms with van der Waals surface area (Å²) in [6, 6.07) is 11.4. The Morgan fingerprint density at radius 1 is 1.16 bits per heavy atom. The Balaban J connectivity index is 2.29. The highest BCUT2D eigenvalue weighted by atomic mass is 79.9. The molecular formula is C18H21BrN2O3S. The molecule has 1 amide bonds. The number of hydrogen-bond acceptors (Lipinski definition) is 3. The van der Waals surface area contributed by atoms with E-state index in [0.717, 1.165) is 10.0 Å². The lowest BCUT2D eigenvalue weighted by Gasteiger charge is -2.21. The minimum Gasteiger partial charge on any atom is -0.322 e. The second kappa shape index (κ2) is 7.68. The molecule has 0 aliphatic carbocycles. The van der Waals surface area contributed by atoms with Gasteiger partial charge in [0.25, 0.3) is 5.91 Å². The van der Waals surface area contributed by atoms with Crippen LogP contribution < -0.4 is 5.32 Å². The Morgan fingerprint density at radius 3 is 2.44 bits per heavy atom. The van der Waals surface area contributed by atoms with Crippen molar-refractivity contribution in [3.8, 4) is 0 Å². The number of rotatable bonds is 5. The van der Waals surface area contributed by atoms with Crippen LogP contribution in [0.3, 0.4) is 0 Å². The number of hydrogen-bond donors (Lipinski definition) is 1. The predicted molar refractivity (Wildman–Crippen MR) is 103 cm³/mol. The van der Waals surface area contributed by atoms with Gasteiger partial charge in [-0.3, -0.25) is 4.79 Å². The maximum Gasteiger partial charge on any atom is 0.255 e. The van der Waals surface area contributed by atoms with Gasteiger partial charge in [-0.2, -0.15) is 4.31 Å². The fourth-order valence-electron chi connectivity index (χ4n) is 2.17. The molecular weight excluding hydrogens is 404 g/mol. The van der Waals surface area contributed by atoms with Crippen molar-refractivity contribution in [2.24, 2.45) is 0 Å². The number of carbonyl (C=O) groups excluding carboxylic acids is 1. The first kappa shape index (κ1) is 19.6. The average molecular weight is 425 g/mol. The molecule has 134 valence electrons. The van der Waals surface area contributed by atoms with Gasteiger partial charge in [0, 0.05) is 28.8 Å². The molecule has 0 aliphatic rings. The smallest absolute Gasteiger partial charge is 0.255 e. The van der Waals surface area contributed by atoms with Crippen molar-refractivity contribution >= 4 is 37.5 Å². The second-order valence-electron chi connectivity index (χ2n) is 6.06. The number of benzene rings is 2. The van der Waals surface area contributed by atoms with Crippen LogP contribution in [0.4, 0.5) is 5.69 Å². The van der Waals surface area contributed by atoms with Crippen molar-refractivity contribution in [3.05, 3.63) is 58.1 Å². The lowest BCUT2D eigenvalue weighted by Crippen LogP contribution is -2.33. The number of sulfonamides is 1. The normalized spacial score (nSPS) is 11.8. The molecule has 2 rings (SSSR count). The van der Waals surface area contributed by atoms with Gasteiger partial charge < -0.3 is 5.32 Å². The van der Waals surface area contributed by atoms with E-state index < -0.39 is 10.0 Å². The Morgan fingerprint density at radius 2 is 1.84 bits per heavy atom. The number of halogens is 1. The fraction of sp³-hybridized carbons (Fsp3) is 0.278. The highest BCUT2D eigenvalue weighted by Gasteiger charge is 2.23. The van der Waals surface area contributed by atoms with Crippen LogP contribution >= 0.6 is 15.9 Å². The monoisotopic (exact) mass is 424 g/mol. The number of aryl methyl sites for hydroxylation is 1. The van der Waals surface area contributed by atoms with E-state index in [1.165, 1.54) is 23.5 Å². The molecule has 0 atom stereocenters. The number of amides is 1. The molecule has 2 aromatic rings. The lowest BCUT2D eigenvalue weighted by molar-refractivity contribution is 0.102. The molecule has 0 bridgehead atoms. The first-order valence-electron chi connectivity index (χ1n) is 7.78. The SMILES string of the molecule is Cc1cc(NC(=O)c2cccc(S(=O)(=O)N(C)C(C)C)c2)ccc1Br. The molecule has 0 radical (unpaired) electrons. The van der Waals surface area contributed by atoms with E-state index >= 15 is 0 Å². The van der Waals surface area contributed by atoms with Gasteiger partial charge in [-0.1, -0.05) is 22.0 Å². The van der Waals surface area contributed by atoms with Gasteiger partial charge in [-0.25, -0.2) is 8.42 Å². The summed E-state index contributed by atoms with van der Waals surface area (Å²) in [4.78, 5) is 12.6. The summed E-state index contributed by atoms with van der Waals surface area (Å²) in [6.45, 7) is 5.52. The number of anilines is 1. The first-order chi connectivity index (χ1) is 11.6. The average Bonchev–Trinajstić information content (AvgIpc) is 2.57. The van der Waals surface area contributed by atoms with Crippen LogP contribution in [-0.2, 0) is 10.0 Å². The van der Waals surface area contributed by atoms with Gasteiger partial charge in [0.05, 0.1) is 4.90 Å². The van der Waals surface area contributed by atoms with Gasteiger partial charge in [0.15, 0.2) is 0 Å². The molecule has 0 aliphatic heterocycles. The topological polar surface area (TPSA) is 66.5 Å². The lowest BCUT2D eigenvalue weighted by atomic mass is 10.2. The third kappa shape index (κ3) is 4.48. The standard InChI is InChI=1S/C18H21BrN2O3S/c1-12(2)21(4)25(23,24)16-7-5-6-14(11-16)18(22)20-15-8-9-17(19)13(3)10-15/h5-12H,1-4H3,(H,20,22). The second-order valence-corrected chi connectivity index (χ2v) is 8.91. The molecule has 0 spiro atoms. The zero-order chi connectivity index (χ0) is 18.8. The highest BCUT2D eigenvalue weighted by molar-refractivity contribution is 9.10. The molecule has 7 heteroatoms. The van der Waals surface area contributed by atoms with Crippen molar-refractivity contribution in [3.63, 3.8) is 0 Å². The highest BCUT2D eigenvalue weighted by Crippen LogP contribution is 2.22. The van der Waals surface area contributed by atoms with Crippen molar-refractivity contribution in [1.82, 2.24) is 4.31 Å². The number of nitrogens with zero attached hydrogens (tertiary/aromatic N) is 1. The van der Waals surface area contributed by atoms with Crippen molar-refractivity contribution in [2.45, 2.75) is 31.7 Å². The summed E-state index contributed by atoms with van der Waals surface area (Å²) in [7, 11) is -2.11. The molecule has 2 aromatic carbocycles. The van der Waals surface area contributed by atoms with Gasteiger partial charge in [0.1, 0.15) is 0 Å². The molecule has 0 saturated heterocycles. The molecule has 0 fully saturated rings. The van der Waals surface area contributed by atoms with E-state index in [2.05, 4.69) is 21.2 Å². The van der Waals surface area contributed by atoms with E-state index in [0.29, 0.717) is 11.3 Å². The molecule has 5 nitrogen and oxygen atoms in total. The van der Waals surface area contributed by atoms with E-state index in [1.54, 1.807) is 32.0 Å². The summed E-state index contributed by atoms with van der Waals surface area (Å²) < 4.78 is 27.4. The van der Waals surface area contributed by atoms with Crippen LogP contribution in [-0.4, -0.2) is 31.7 Å². The predicted octanol–water partition coefficient (Wildman–Crippen LogP) is 4.04. The van der Waals surface area contributed by atoms with E-state index in [1.807, 2.05) is 19.1 Å². The van der Waals surface area contributed by atoms with E-state index in [9.17, 15) is 13.2 Å². The number of carbonyl (C=O) groups is 1. The molecule has 0 saturated carbocycles. The van der Waals surface area contributed by atoms with Crippen LogP contribution in [0, 0.1) is 6.92 Å². The summed E-state index contributed by atoms with van der Waals surface area (Å²) in [5, 5.41) is 2.79. The molecule has 0 unspecified atom stereocenters. The van der Waals surface area contributed by atoms with Crippen LogP contribution in [0.15, 0.2) is 51.8 Å². The van der Waals surface area contributed by atoms with Crippen LogP contribution in [0.2, 0.25) is 0 Å². The minimum absolute atomic E-state index is 0.100. The quantitative estimate of drug-likeness (QED) is 0.787. The zero-order valence-corrected chi connectivity index (χ0v) is 17.0. The van der Waals surface area contributed by atoms with E-state index in [-0.39, 0.29) is 16.8 Å². The maximum absolute atomic E-state index is 12.6. The molecule has 25 heavy (non-hydrogen) atoms. The fourth-order valence-corrected chi connectivity index (χ4v) is 3.83. The third-order valence-electron chi connectivity index (χ3n) is 3.92. The molecule has 0 aromatic heterocycles. The zero-order valence-electron chi connectivity index (χ0n) is 14.6. The third-order valence-corrected chi connectivity index (χ3v) is 6.84. The molecule has 0 heterocycles. The summed E-state index contributed by atoms with van der Waals surface area (Å²) in [6.07, 6.45) is 0. The van der Waals surface area contributed by atoms with Gasteiger partial charge in [-0.15, -0.1) is 0 Å². The summed E-state index contributed by atoms with van der Waals surface area (Å²) >= 11 is 3.41. The summed E-state index contributed by atoms with van der Waals surface area (Å²) in [5.41, 5.74) is 1.93. The van der Waals surface area contributed by atoms with Crippen LogP contribution in [0.1, 0.15) is 29.8 Å². The Bertz CT molecular complexity index is 895. The first-order valence-corrected chi connectivity index (χ1v) is 10.0. The largest absolute Gasteiger partial charge is 0.322 e. The van der Waals surface area contributed by atoms with Gasteiger partial charge >= 0.3 is 0 Å². The van der Waals surface area contributed by atoms with Gasteiger partial charge in [-0.05, 0) is 62.7 Å². The number of nitrogens with one attached hydrogen (secondary N) is 1. The molecule has 1 N–H and O–H groups in total. The van der Waals surface area contributed by atoms with Crippen molar-refractivity contribution in [1.29, 1.82) is 0 Å². The Hall–Kier alpha value is -1.70. The van der Waals surface area contributed by atoms with Crippen LogP contribution in [0.5, 0.6) is 0 Å². The Labute approximate surface area is 157 Å². The summed E-state index contributed by atoms with van der Waals surface area (Å²) in [5.74, 6) is -0.356. The van der Waals surface area contributed by atoms with E-state index in [4.69, 9.17) is 0 Å². The van der Waals surface area contributed by atoms with Crippen molar-refractivity contribution in [2.75, 3.05) is 12.4 Å². The van der Waals surface area contributed by atoms with Gasteiger partial charge in [0.2, 0.25) is 10.0 Å². The maximum atomic E-state index is 12.6. The van der Waals surface area contributed by atoms with Crippen molar-refractivity contribution < 1.29 is 13.2 Å². The minimum atomic E-state index is -3.63. The van der Waals surface area contributed by atoms with Crippen LogP contribution in [0.25, 0.3) is 0 Å². The Kier molecular flexibility index (Phi) is 6.03.